The largest absolute Gasteiger partial charge is 0.489 e. The summed E-state index contributed by atoms with van der Waals surface area (Å²) in [7, 11) is 0. The quantitative estimate of drug-likeness (QED) is 0.0207. The van der Waals surface area contributed by atoms with Gasteiger partial charge >= 0.3 is 11.9 Å². The van der Waals surface area contributed by atoms with Crippen LogP contribution in [0.3, 0.4) is 0 Å². The molecule has 0 unspecified atom stereocenters. The highest BCUT2D eigenvalue weighted by Gasteiger charge is 2.52. The Morgan fingerprint density at radius 1 is 0.795 bits per heavy atom. The minimum atomic E-state index is -0.727. The van der Waals surface area contributed by atoms with Crippen LogP contribution in [0.15, 0.2) is 152 Å². The highest BCUT2D eigenvalue weighted by molar-refractivity contribution is 8.00. The molecule has 5 aromatic carbocycles. The highest BCUT2D eigenvalue weighted by atomic mass is 32.2. The van der Waals surface area contributed by atoms with Gasteiger partial charge in [-0.1, -0.05) is 184 Å². The molecule has 2 N–H and O–H groups in total. The Morgan fingerprint density at radius 2 is 1.42 bits per heavy atom. The first-order valence-corrected chi connectivity index (χ1v) is 27.8. The van der Waals surface area contributed by atoms with Gasteiger partial charge in [-0.05, 0) is 84.9 Å². The molecule has 0 radical (unpaired) electrons. The van der Waals surface area contributed by atoms with Gasteiger partial charge in [0.25, 0.3) is 0 Å². The number of nitrogens with one attached hydrogen (secondary N) is 1. The lowest BCUT2D eigenvalue weighted by Gasteiger charge is -2.35. The van der Waals surface area contributed by atoms with Crippen molar-refractivity contribution in [3.63, 3.8) is 0 Å². The van der Waals surface area contributed by atoms with Crippen LogP contribution in [0.2, 0.25) is 0 Å². The monoisotopic (exact) mass is 1000 g/mol. The average molecular weight is 1000 g/mol. The summed E-state index contributed by atoms with van der Waals surface area (Å²) >= 11 is 1.99. The van der Waals surface area contributed by atoms with Crippen LogP contribution in [0.4, 0.5) is 0 Å². The molecule has 3 aliphatic rings. The zero-order valence-corrected chi connectivity index (χ0v) is 43.5. The summed E-state index contributed by atoms with van der Waals surface area (Å²) in [6.45, 7) is 4.61. The Hall–Kier alpha value is -6.08. The van der Waals surface area contributed by atoms with E-state index in [0.717, 1.165) is 66.7 Å². The minimum absolute atomic E-state index is 0.0585. The lowest BCUT2D eigenvalue weighted by atomic mass is 9.78. The number of fused-ring (bicyclic) bond motifs is 3. The number of ether oxygens (including phenoxy) is 3. The third kappa shape index (κ3) is 13.6. The van der Waals surface area contributed by atoms with Crippen LogP contribution in [0.5, 0.6) is 5.75 Å². The SMILES string of the molecule is CC#CC[C@H](C)[C@H](O)/C=C/[C@@H]1[C@H]2c3cccc(CCCC(=O)OCc4ccccc4)c3O[C@H]2C[C@H]1OC(=O)[C@@H]1CCCC[C@@H]1C(=O)NCCCCCCSC(c1ccccc1)(c1ccccc1)c1ccccc1. The van der Waals surface area contributed by atoms with Crippen LogP contribution in [0.25, 0.3) is 0 Å². The van der Waals surface area contributed by atoms with Crippen molar-refractivity contribution < 1.29 is 33.7 Å². The second-order valence-electron chi connectivity index (χ2n) is 20.1. The van der Waals surface area contributed by atoms with Crippen molar-refractivity contribution in [3.8, 4) is 17.6 Å². The average Bonchev–Trinajstić information content (AvgIpc) is 3.97. The van der Waals surface area contributed by atoms with Gasteiger partial charge in [0.15, 0.2) is 0 Å². The number of thioether (sulfide) groups is 1. The predicted molar refractivity (Wildman–Crippen MR) is 292 cm³/mol. The summed E-state index contributed by atoms with van der Waals surface area (Å²) in [6.07, 6.45) is 12.1. The Labute approximate surface area is 438 Å². The van der Waals surface area contributed by atoms with E-state index in [1.807, 2.05) is 67.2 Å². The van der Waals surface area contributed by atoms with Gasteiger partial charge in [0.05, 0.1) is 22.7 Å². The standard InChI is InChI=1S/C64H73NO7S/c1-3-4-25-46(2)56(66)41-40-54-57(44-58-60(54)55-38-23-28-48(61(55)71-58)29-24-39-59(67)70-45-47-26-11-7-12-27-47)72-63(69)53-37-20-19-36-52(53)62(68)65-42-21-5-6-22-43-73-64(49-30-13-8-14-31-49,50-32-15-9-16-33-50)51-34-17-10-18-35-51/h7-18,23,26-28,30-35,38,40-41,46,52-54,56-58,60,66H,5-6,19-22,24-25,29,36-37,39,42-45H2,1-2H3,(H,65,68)/b41-40+/t46-,52-,53+,54-,56+,57+,58-,60-/m0/s1. The molecule has 0 aromatic heterocycles. The number of unbranched alkanes of at least 4 members (excludes halogenated alkanes) is 3. The fraction of sp³-hybridized carbons (Fsp3) is 0.422. The summed E-state index contributed by atoms with van der Waals surface area (Å²) in [5.41, 5.74) is 6.85. The van der Waals surface area contributed by atoms with Gasteiger partial charge in [0.1, 0.15) is 24.6 Å². The van der Waals surface area contributed by atoms with Crippen molar-refractivity contribution in [3.05, 3.63) is 185 Å². The number of aliphatic hydroxyl groups excluding tert-OH is 1. The fourth-order valence-electron chi connectivity index (χ4n) is 11.2. The molecule has 2 aliphatic carbocycles. The smallest absolute Gasteiger partial charge is 0.310 e. The summed E-state index contributed by atoms with van der Waals surface area (Å²) in [4.78, 5) is 40.9. The van der Waals surface area contributed by atoms with E-state index in [-0.39, 0.29) is 53.1 Å². The highest BCUT2D eigenvalue weighted by Crippen LogP contribution is 2.53. The van der Waals surface area contributed by atoms with Crippen molar-refractivity contribution in [1.82, 2.24) is 5.32 Å². The molecule has 8 nitrogen and oxygen atoms in total. The molecule has 73 heavy (non-hydrogen) atoms. The van der Waals surface area contributed by atoms with E-state index in [2.05, 4.69) is 120 Å². The van der Waals surface area contributed by atoms with Gasteiger partial charge in [0.2, 0.25) is 5.91 Å². The van der Waals surface area contributed by atoms with Crippen LogP contribution in [-0.2, 0) is 41.6 Å². The van der Waals surface area contributed by atoms with Crippen molar-refractivity contribution in [1.29, 1.82) is 0 Å². The molecule has 0 spiro atoms. The number of hydrogen-bond donors (Lipinski definition) is 2. The minimum Gasteiger partial charge on any atom is -0.489 e. The van der Waals surface area contributed by atoms with Gasteiger partial charge < -0.3 is 24.6 Å². The zero-order chi connectivity index (χ0) is 50.8. The van der Waals surface area contributed by atoms with Crippen LogP contribution < -0.4 is 10.1 Å². The number of rotatable bonds is 24. The van der Waals surface area contributed by atoms with Crippen LogP contribution in [0, 0.1) is 35.5 Å². The van der Waals surface area contributed by atoms with Gasteiger partial charge in [0, 0.05) is 43.2 Å². The van der Waals surface area contributed by atoms with Gasteiger partial charge in [-0.15, -0.1) is 23.6 Å². The Bertz CT molecular complexity index is 2530. The lowest BCUT2D eigenvalue weighted by Crippen LogP contribution is -2.41. The Morgan fingerprint density at radius 3 is 2.08 bits per heavy atom. The summed E-state index contributed by atoms with van der Waals surface area (Å²) in [5.74, 6) is 5.84. The maximum Gasteiger partial charge on any atom is 0.310 e. The van der Waals surface area contributed by atoms with Gasteiger partial charge in [-0.2, -0.15) is 0 Å². The number of benzene rings is 5. The zero-order valence-electron chi connectivity index (χ0n) is 42.7. The van der Waals surface area contributed by atoms with E-state index in [9.17, 15) is 19.5 Å². The topological polar surface area (TPSA) is 111 Å². The van der Waals surface area contributed by atoms with Crippen molar-refractivity contribution in [2.75, 3.05) is 12.3 Å². The molecule has 1 aliphatic heterocycles. The van der Waals surface area contributed by atoms with E-state index in [1.165, 1.54) is 16.7 Å². The van der Waals surface area contributed by atoms with E-state index < -0.39 is 24.0 Å². The van der Waals surface area contributed by atoms with E-state index in [4.69, 9.17) is 14.2 Å². The molecular formula is C64H73NO7S. The van der Waals surface area contributed by atoms with Gasteiger partial charge in [-0.25, -0.2) is 0 Å². The number of aryl methyl sites for hydroxylation is 1. The van der Waals surface area contributed by atoms with Crippen molar-refractivity contribution in [2.24, 2.45) is 23.7 Å². The lowest BCUT2D eigenvalue weighted by molar-refractivity contribution is -0.161. The molecule has 2 saturated carbocycles. The maximum absolute atomic E-state index is 14.3. The summed E-state index contributed by atoms with van der Waals surface area (Å²) in [6, 6.07) is 48.3. The van der Waals surface area contributed by atoms with E-state index in [1.54, 1.807) is 6.92 Å². The van der Waals surface area contributed by atoms with E-state index in [0.29, 0.717) is 51.5 Å². The third-order valence-corrected chi connectivity index (χ3v) is 16.8. The number of esters is 2. The summed E-state index contributed by atoms with van der Waals surface area (Å²) < 4.78 is 18.5. The molecule has 1 amide bonds. The third-order valence-electron chi connectivity index (χ3n) is 15.2. The number of carbonyl (C=O) groups excluding carboxylic acids is 3. The van der Waals surface area contributed by atoms with Crippen LogP contribution >= 0.6 is 11.8 Å². The normalized spacial score (nSPS) is 20.9. The van der Waals surface area contributed by atoms with Crippen molar-refractivity contribution in [2.45, 2.75) is 133 Å². The first kappa shape index (κ1) is 53.2. The number of para-hydroxylation sites is 1. The van der Waals surface area contributed by atoms with E-state index >= 15 is 0 Å². The molecule has 382 valence electrons. The second kappa shape index (κ2) is 26.7. The molecule has 8 atom stereocenters. The van der Waals surface area contributed by atoms with Gasteiger partial charge in [-0.3, -0.25) is 14.4 Å². The van der Waals surface area contributed by atoms with Crippen LogP contribution in [0.1, 0.15) is 130 Å². The first-order chi connectivity index (χ1) is 35.8. The number of carbonyl (C=O) groups is 3. The molecule has 1 heterocycles. The molecule has 0 saturated heterocycles. The molecular weight excluding hydrogens is 927 g/mol. The molecule has 8 rings (SSSR count). The number of amides is 1. The number of aliphatic hydroxyl groups is 1. The molecule has 9 heteroatoms. The fourth-order valence-corrected chi connectivity index (χ4v) is 12.8. The van der Waals surface area contributed by atoms with Crippen molar-refractivity contribution >= 4 is 29.6 Å². The second-order valence-corrected chi connectivity index (χ2v) is 21.4. The molecule has 5 aromatic rings. The van der Waals surface area contributed by atoms with Crippen LogP contribution in [-0.4, -0.2) is 53.6 Å². The number of hydrogen-bond acceptors (Lipinski definition) is 8. The predicted octanol–water partition coefficient (Wildman–Crippen LogP) is 12.7. The Balaban J connectivity index is 0.854. The maximum atomic E-state index is 14.3. The first-order valence-electron chi connectivity index (χ1n) is 26.8. The summed E-state index contributed by atoms with van der Waals surface area (Å²) in [5, 5.41) is 14.4. The molecule has 2 fully saturated rings. The molecule has 0 bridgehead atoms. The Kier molecular flexibility index (Phi) is 19.5.